The van der Waals surface area contributed by atoms with Gasteiger partial charge in [-0.2, -0.15) is 18.4 Å². The number of carbonyl (C=O) groups excluding carboxylic acids is 2. The molecule has 2 saturated heterocycles. The molecule has 4 rings (SSSR count). The molecule has 1 spiro atoms. The first kappa shape index (κ1) is 24.2. The number of halogens is 4. The van der Waals surface area contributed by atoms with E-state index in [1.807, 2.05) is 0 Å². The van der Waals surface area contributed by atoms with Gasteiger partial charge in [0.1, 0.15) is 17.9 Å². The predicted octanol–water partition coefficient (Wildman–Crippen LogP) is 2.04. The second-order valence-corrected chi connectivity index (χ2v) is 7.48. The molecule has 0 bridgehead atoms. The Labute approximate surface area is 186 Å². The van der Waals surface area contributed by atoms with Crippen LogP contribution in [0.1, 0.15) is 16.7 Å². The lowest BCUT2D eigenvalue weighted by atomic mass is 9.85. The number of piperazine rings is 1. The number of nitriles is 1. The minimum absolute atomic E-state index is 0.0475. The second kappa shape index (κ2) is 9.17. The lowest BCUT2D eigenvalue weighted by Gasteiger charge is -2.54. The average Bonchev–Trinajstić information content (AvgIpc) is 2.76. The summed E-state index contributed by atoms with van der Waals surface area (Å²) in [4.78, 5) is 28.6. The number of hydrogen-bond acceptors (Lipinski definition) is 5. The summed E-state index contributed by atoms with van der Waals surface area (Å²) in [7, 11) is 1.00. The van der Waals surface area contributed by atoms with E-state index in [0.29, 0.717) is 5.56 Å². The van der Waals surface area contributed by atoms with Crippen LogP contribution < -0.4 is 10.2 Å². The van der Waals surface area contributed by atoms with E-state index in [0.717, 1.165) is 30.2 Å². The third-order valence-corrected chi connectivity index (χ3v) is 5.58. The number of nitrogens with one attached hydrogen (secondary N) is 1. The summed E-state index contributed by atoms with van der Waals surface area (Å²) in [5.74, 6) is -1.73. The van der Waals surface area contributed by atoms with Gasteiger partial charge in [-0.1, -0.05) is 12.1 Å². The highest BCUT2D eigenvalue weighted by Gasteiger charge is 2.56. The third kappa shape index (κ3) is 4.40. The Morgan fingerprint density at radius 1 is 1.12 bits per heavy atom. The summed E-state index contributed by atoms with van der Waals surface area (Å²) in [5.41, 5.74) is -1.63. The number of hydrogen-bond donors (Lipinski definition) is 2. The summed E-state index contributed by atoms with van der Waals surface area (Å²) < 4.78 is 52.9. The van der Waals surface area contributed by atoms with Gasteiger partial charge in [-0.15, -0.1) is 0 Å². The number of benzene rings is 2. The van der Waals surface area contributed by atoms with Crippen LogP contribution in [-0.4, -0.2) is 54.1 Å². The zero-order chi connectivity index (χ0) is 24.4. The fourth-order valence-corrected chi connectivity index (χ4v) is 3.81. The molecule has 0 aliphatic carbocycles. The minimum Gasteiger partial charge on any atom is -0.400 e. The van der Waals surface area contributed by atoms with Crippen molar-refractivity contribution in [1.82, 2.24) is 10.2 Å². The van der Waals surface area contributed by atoms with Gasteiger partial charge in [0.2, 0.25) is 5.91 Å². The molecule has 11 heteroatoms. The lowest BCUT2D eigenvalue weighted by molar-refractivity contribution is -0.155. The van der Waals surface area contributed by atoms with Crippen molar-refractivity contribution in [1.29, 1.82) is 5.26 Å². The summed E-state index contributed by atoms with van der Waals surface area (Å²) in [6.45, 7) is -0.169. The predicted molar refractivity (Wildman–Crippen MR) is 109 cm³/mol. The van der Waals surface area contributed by atoms with Crippen LogP contribution in [0.3, 0.4) is 0 Å². The van der Waals surface area contributed by atoms with E-state index in [2.05, 4.69) is 5.32 Å². The van der Waals surface area contributed by atoms with Crippen LogP contribution >= 0.6 is 0 Å². The molecule has 174 valence electrons. The van der Waals surface area contributed by atoms with Crippen LogP contribution in [0.15, 0.2) is 42.5 Å². The topological polar surface area (TPSA) is 96.7 Å². The van der Waals surface area contributed by atoms with E-state index in [9.17, 15) is 27.2 Å². The van der Waals surface area contributed by atoms with E-state index in [1.54, 1.807) is 6.07 Å². The molecule has 0 unspecified atom stereocenters. The maximum absolute atomic E-state index is 14.5. The monoisotopic (exact) mass is 464 g/mol. The molecule has 2 fully saturated rings. The largest absolute Gasteiger partial charge is 0.416 e. The summed E-state index contributed by atoms with van der Waals surface area (Å²) in [6, 6.07) is 9.83. The Hall–Kier alpha value is -3.49. The molecule has 7 nitrogen and oxygen atoms in total. The fraction of sp³-hybridized carbons (Fsp3) is 0.318. The van der Waals surface area contributed by atoms with E-state index in [4.69, 9.17) is 10.4 Å². The maximum atomic E-state index is 14.5. The van der Waals surface area contributed by atoms with Gasteiger partial charge >= 0.3 is 6.18 Å². The van der Waals surface area contributed by atoms with Crippen molar-refractivity contribution in [2.24, 2.45) is 0 Å². The van der Waals surface area contributed by atoms with Crippen molar-refractivity contribution in [3.63, 3.8) is 0 Å². The quantitative estimate of drug-likeness (QED) is 0.678. The van der Waals surface area contributed by atoms with Crippen molar-refractivity contribution < 1.29 is 32.3 Å². The molecule has 2 aliphatic rings. The van der Waals surface area contributed by atoms with Gasteiger partial charge < -0.3 is 15.3 Å². The number of aliphatic hydroxyl groups is 1. The zero-order valence-electron chi connectivity index (χ0n) is 17.5. The zero-order valence-corrected chi connectivity index (χ0v) is 17.5. The van der Waals surface area contributed by atoms with Gasteiger partial charge in [0.15, 0.2) is 0 Å². The van der Waals surface area contributed by atoms with Gasteiger partial charge in [0.25, 0.3) is 5.91 Å². The molecule has 2 heterocycles. The van der Waals surface area contributed by atoms with Crippen molar-refractivity contribution in [2.45, 2.75) is 18.3 Å². The molecule has 2 aromatic rings. The lowest BCUT2D eigenvalue weighted by Crippen LogP contribution is -2.80. The standard InChI is InChI=1S/C21H16F4N4O2.CH4O/c22-16-7-14(8-26)3-6-17(16)28-10-18(30)29(20(19(28)31)11-27-12-20)9-13-1-4-15(5-2-13)21(23,24)25;1-2/h1-7,27H,9-12H2;2H,1H3. The molecule has 2 aromatic carbocycles. The highest BCUT2D eigenvalue weighted by molar-refractivity contribution is 6.10. The Kier molecular flexibility index (Phi) is 6.71. The molecular formula is C22H20F4N4O3. The first-order valence-corrected chi connectivity index (χ1v) is 9.79. The van der Waals surface area contributed by atoms with Crippen LogP contribution in [0, 0.1) is 17.1 Å². The highest BCUT2D eigenvalue weighted by atomic mass is 19.4. The number of alkyl halides is 3. The average molecular weight is 464 g/mol. The summed E-state index contributed by atoms with van der Waals surface area (Å²) in [6.07, 6.45) is -4.47. The number of anilines is 1. The first-order valence-electron chi connectivity index (χ1n) is 9.79. The maximum Gasteiger partial charge on any atom is 0.416 e. The summed E-state index contributed by atoms with van der Waals surface area (Å²) in [5, 5.41) is 18.8. The van der Waals surface area contributed by atoms with Crippen molar-refractivity contribution in [2.75, 3.05) is 31.6 Å². The second-order valence-electron chi connectivity index (χ2n) is 7.48. The van der Waals surface area contributed by atoms with E-state index in [-0.39, 0.29) is 30.9 Å². The summed E-state index contributed by atoms with van der Waals surface area (Å²) >= 11 is 0. The number of amides is 2. The number of rotatable bonds is 3. The molecule has 33 heavy (non-hydrogen) atoms. The number of aliphatic hydroxyl groups excluding tert-OH is 1. The first-order chi connectivity index (χ1) is 15.7. The van der Waals surface area contributed by atoms with Gasteiger partial charge in [0, 0.05) is 26.7 Å². The van der Waals surface area contributed by atoms with Crippen molar-refractivity contribution >= 4 is 17.5 Å². The molecule has 0 aromatic heterocycles. The molecule has 0 atom stereocenters. The Balaban J connectivity index is 0.00000149. The van der Waals surface area contributed by atoms with Crippen molar-refractivity contribution in [3.8, 4) is 6.07 Å². The number of nitrogens with zero attached hydrogens (tertiary/aromatic N) is 3. The normalized spacial score (nSPS) is 17.2. The van der Waals surface area contributed by atoms with E-state index >= 15 is 0 Å². The van der Waals surface area contributed by atoms with Gasteiger partial charge in [-0.05, 0) is 35.9 Å². The SMILES string of the molecule is CO.N#Cc1ccc(N2CC(=O)N(Cc3ccc(C(F)(F)F)cc3)C3(CNC3)C2=O)c(F)c1. The van der Waals surface area contributed by atoms with Gasteiger partial charge in [-0.25, -0.2) is 4.39 Å². The minimum atomic E-state index is -4.47. The number of carbonyl (C=O) groups is 2. The van der Waals surface area contributed by atoms with E-state index < -0.39 is 41.5 Å². The van der Waals surface area contributed by atoms with Gasteiger partial charge in [-0.3, -0.25) is 14.5 Å². The molecule has 2 aliphatic heterocycles. The smallest absolute Gasteiger partial charge is 0.400 e. The van der Waals surface area contributed by atoms with Crippen LogP contribution in [0.4, 0.5) is 23.2 Å². The Morgan fingerprint density at radius 3 is 2.24 bits per heavy atom. The third-order valence-electron chi connectivity index (χ3n) is 5.58. The Bertz CT molecular complexity index is 1090. The van der Waals surface area contributed by atoms with E-state index in [1.165, 1.54) is 29.2 Å². The molecule has 2 N–H and O–H groups in total. The van der Waals surface area contributed by atoms with Gasteiger partial charge in [0.05, 0.1) is 22.9 Å². The molecule has 2 amide bonds. The van der Waals surface area contributed by atoms with Crippen LogP contribution in [0.5, 0.6) is 0 Å². The van der Waals surface area contributed by atoms with Crippen LogP contribution in [0.2, 0.25) is 0 Å². The fourth-order valence-electron chi connectivity index (χ4n) is 3.81. The molecule has 0 radical (unpaired) electrons. The molecular weight excluding hydrogens is 444 g/mol. The highest BCUT2D eigenvalue weighted by Crippen LogP contribution is 2.34. The van der Waals surface area contributed by atoms with Crippen molar-refractivity contribution in [3.05, 3.63) is 65.0 Å². The Morgan fingerprint density at radius 2 is 1.76 bits per heavy atom. The molecule has 0 saturated carbocycles. The van der Waals surface area contributed by atoms with Crippen LogP contribution in [-0.2, 0) is 22.3 Å². The van der Waals surface area contributed by atoms with Crippen LogP contribution in [0.25, 0.3) is 0 Å².